The molecule has 0 fully saturated rings. The molecule has 134 valence electrons. The highest BCUT2D eigenvalue weighted by Gasteiger charge is 2.23. The number of carbonyl (C=O) groups excluding carboxylic acids is 1. The summed E-state index contributed by atoms with van der Waals surface area (Å²) in [7, 11) is 0. The first-order chi connectivity index (χ1) is 12.9. The molecule has 9 heteroatoms. The molecule has 9 nitrogen and oxygen atoms in total. The molecule has 1 aliphatic rings. The first-order valence-corrected chi connectivity index (χ1v) is 7.62. The van der Waals surface area contributed by atoms with Gasteiger partial charge >= 0.3 is 5.97 Å². The number of aliphatic imine (C=N–C) groups is 1. The molecule has 3 rings (SSSR count). The first-order valence-electron chi connectivity index (χ1n) is 7.62. The molecule has 0 unspecified atom stereocenters. The lowest BCUT2D eigenvalue weighted by Crippen LogP contribution is -2.01. The Morgan fingerprint density at radius 1 is 0.963 bits per heavy atom. The highest BCUT2D eigenvalue weighted by Crippen LogP contribution is 2.23. The minimum absolute atomic E-state index is 0.0173. The smallest absolute Gasteiger partial charge is 0.363 e. The van der Waals surface area contributed by atoms with Crippen LogP contribution in [0.5, 0.6) is 0 Å². The highest BCUT2D eigenvalue weighted by atomic mass is 16.6. The Balaban J connectivity index is 1.86. The first kappa shape index (κ1) is 17.7. The fraction of sp³-hybridized carbons (Fsp3) is 0. The van der Waals surface area contributed by atoms with Crippen molar-refractivity contribution in [2.75, 3.05) is 0 Å². The number of esters is 1. The van der Waals surface area contributed by atoms with Gasteiger partial charge in [0, 0.05) is 24.3 Å². The molecule has 1 heterocycles. The third-order valence-corrected chi connectivity index (χ3v) is 3.56. The number of hydrogen-bond donors (Lipinski definition) is 0. The zero-order valence-electron chi connectivity index (χ0n) is 13.6. The Kier molecular flexibility index (Phi) is 4.84. The molecule has 0 aliphatic carbocycles. The summed E-state index contributed by atoms with van der Waals surface area (Å²) in [6, 6.07) is 11.8. The average molecular weight is 365 g/mol. The zero-order chi connectivity index (χ0) is 19.4. The van der Waals surface area contributed by atoms with Gasteiger partial charge in [0.1, 0.15) is 0 Å². The maximum atomic E-state index is 11.9. The van der Waals surface area contributed by atoms with Crippen LogP contribution in [0.25, 0.3) is 12.2 Å². The van der Waals surface area contributed by atoms with Crippen LogP contribution in [0, 0.1) is 20.2 Å². The van der Waals surface area contributed by atoms with Gasteiger partial charge in [-0.3, -0.25) is 20.2 Å². The molecule has 0 saturated heterocycles. The van der Waals surface area contributed by atoms with Crippen molar-refractivity contribution in [3.05, 3.63) is 91.7 Å². The van der Waals surface area contributed by atoms with E-state index in [1.165, 1.54) is 54.6 Å². The van der Waals surface area contributed by atoms with Gasteiger partial charge in [0.05, 0.1) is 15.4 Å². The number of hydrogen-bond acceptors (Lipinski definition) is 7. The molecule has 0 aromatic heterocycles. The summed E-state index contributed by atoms with van der Waals surface area (Å²) in [5, 5.41) is 21.8. The van der Waals surface area contributed by atoms with Gasteiger partial charge in [0.15, 0.2) is 5.70 Å². The number of nitro benzene ring substituents is 2. The Labute approximate surface area is 152 Å². The molecule has 2 aromatic rings. The SMILES string of the molecule is O=C1OC(/C=C/c2cccc([N+](=O)[O-])c2)=NC/1=C/c1ccccc1[N+](=O)[O-]. The van der Waals surface area contributed by atoms with Gasteiger partial charge in [-0.15, -0.1) is 0 Å². The topological polar surface area (TPSA) is 125 Å². The number of benzene rings is 2. The Bertz CT molecular complexity index is 1040. The van der Waals surface area contributed by atoms with Crippen molar-refractivity contribution in [1.82, 2.24) is 0 Å². The van der Waals surface area contributed by atoms with Crippen LogP contribution in [0.3, 0.4) is 0 Å². The predicted molar refractivity (Wildman–Crippen MR) is 96.7 cm³/mol. The maximum absolute atomic E-state index is 11.9. The minimum atomic E-state index is -0.744. The standard InChI is InChI=1S/C18H11N3O6/c22-18-15(11-13-5-1-2-7-16(13)21(25)26)19-17(27-18)9-8-12-4-3-6-14(10-12)20(23)24/h1-11H/b9-8+,15-11+. The van der Waals surface area contributed by atoms with Crippen LogP contribution in [0.2, 0.25) is 0 Å². The van der Waals surface area contributed by atoms with Crippen LogP contribution in [-0.4, -0.2) is 21.7 Å². The molecule has 0 saturated carbocycles. The molecule has 1 aliphatic heterocycles. The number of cyclic esters (lactones) is 1. The quantitative estimate of drug-likeness (QED) is 0.345. The van der Waals surface area contributed by atoms with E-state index in [0.717, 1.165) is 0 Å². The van der Waals surface area contributed by atoms with Gasteiger partial charge in [-0.1, -0.05) is 24.3 Å². The molecule has 0 spiro atoms. The summed E-state index contributed by atoms with van der Waals surface area (Å²) in [4.78, 5) is 36.7. The van der Waals surface area contributed by atoms with E-state index in [2.05, 4.69) is 4.99 Å². The normalized spacial score (nSPS) is 15.0. The number of para-hydroxylation sites is 1. The summed E-state index contributed by atoms with van der Waals surface area (Å²) in [6.45, 7) is 0. The van der Waals surface area contributed by atoms with Crippen molar-refractivity contribution in [2.45, 2.75) is 0 Å². The van der Waals surface area contributed by atoms with Gasteiger partial charge in [-0.05, 0) is 23.8 Å². The molecule has 0 amide bonds. The second kappa shape index (κ2) is 7.40. The Morgan fingerprint density at radius 2 is 1.74 bits per heavy atom. The van der Waals surface area contributed by atoms with Gasteiger partial charge in [-0.25, -0.2) is 9.79 Å². The highest BCUT2D eigenvalue weighted by molar-refractivity contribution is 6.11. The predicted octanol–water partition coefficient (Wildman–Crippen LogP) is 3.51. The van der Waals surface area contributed by atoms with E-state index in [4.69, 9.17) is 4.74 Å². The second-order valence-corrected chi connectivity index (χ2v) is 5.37. The van der Waals surface area contributed by atoms with Crippen LogP contribution in [0.1, 0.15) is 11.1 Å². The lowest BCUT2D eigenvalue weighted by atomic mass is 10.1. The summed E-state index contributed by atoms with van der Waals surface area (Å²) >= 11 is 0. The Morgan fingerprint density at radius 3 is 2.48 bits per heavy atom. The van der Waals surface area contributed by atoms with Crippen molar-refractivity contribution < 1.29 is 19.4 Å². The fourth-order valence-electron chi connectivity index (χ4n) is 2.33. The third kappa shape index (κ3) is 4.10. The van der Waals surface area contributed by atoms with Crippen LogP contribution >= 0.6 is 0 Å². The molecule has 0 bridgehead atoms. The van der Waals surface area contributed by atoms with Crippen molar-refractivity contribution in [3.8, 4) is 0 Å². The van der Waals surface area contributed by atoms with E-state index < -0.39 is 15.8 Å². The second-order valence-electron chi connectivity index (χ2n) is 5.37. The van der Waals surface area contributed by atoms with Gasteiger partial charge in [0.25, 0.3) is 11.4 Å². The van der Waals surface area contributed by atoms with E-state index in [1.54, 1.807) is 12.1 Å². The average Bonchev–Trinajstić information content (AvgIpc) is 3.00. The van der Waals surface area contributed by atoms with Gasteiger partial charge < -0.3 is 4.74 Å². The number of non-ortho nitro benzene ring substituents is 1. The van der Waals surface area contributed by atoms with Crippen molar-refractivity contribution in [3.63, 3.8) is 0 Å². The molecular formula is C18H11N3O6. The molecular weight excluding hydrogens is 354 g/mol. The maximum Gasteiger partial charge on any atom is 0.363 e. The van der Waals surface area contributed by atoms with Crippen LogP contribution in [0.15, 0.2) is 65.3 Å². The number of rotatable bonds is 5. The van der Waals surface area contributed by atoms with Crippen LogP contribution < -0.4 is 0 Å². The lowest BCUT2D eigenvalue weighted by molar-refractivity contribution is -0.385. The number of carbonyl (C=O) groups is 1. The molecule has 27 heavy (non-hydrogen) atoms. The summed E-state index contributed by atoms with van der Waals surface area (Å²) in [5.74, 6) is -0.761. The van der Waals surface area contributed by atoms with E-state index >= 15 is 0 Å². The number of ether oxygens (including phenoxy) is 1. The Hall–Kier alpha value is -4.14. The van der Waals surface area contributed by atoms with E-state index in [0.29, 0.717) is 5.56 Å². The molecule has 0 N–H and O–H groups in total. The fourth-order valence-corrected chi connectivity index (χ4v) is 2.33. The summed E-state index contributed by atoms with van der Waals surface area (Å²) in [6.07, 6.45) is 4.17. The van der Waals surface area contributed by atoms with Crippen molar-refractivity contribution in [1.29, 1.82) is 0 Å². The zero-order valence-corrected chi connectivity index (χ0v) is 13.6. The van der Waals surface area contributed by atoms with Gasteiger partial charge in [0.2, 0.25) is 5.90 Å². The number of nitro groups is 2. The monoisotopic (exact) mass is 365 g/mol. The molecule has 0 radical (unpaired) electrons. The molecule has 0 atom stereocenters. The molecule has 2 aromatic carbocycles. The number of nitrogens with zero attached hydrogens (tertiary/aromatic N) is 3. The van der Waals surface area contributed by atoms with E-state index in [1.807, 2.05) is 0 Å². The summed E-state index contributed by atoms with van der Waals surface area (Å²) < 4.78 is 5.00. The summed E-state index contributed by atoms with van der Waals surface area (Å²) in [5.41, 5.74) is 0.442. The lowest BCUT2D eigenvalue weighted by Gasteiger charge is -1.96. The van der Waals surface area contributed by atoms with E-state index in [9.17, 15) is 25.0 Å². The third-order valence-electron chi connectivity index (χ3n) is 3.56. The van der Waals surface area contributed by atoms with Crippen LogP contribution in [0.4, 0.5) is 11.4 Å². The van der Waals surface area contributed by atoms with Crippen molar-refractivity contribution in [2.24, 2.45) is 4.99 Å². The van der Waals surface area contributed by atoms with Gasteiger partial charge in [-0.2, -0.15) is 0 Å². The largest absolute Gasteiger partial charge is 0.403 e. The van der Waals surface area contributed by atoms with Crippen molar-refractivity contribution >= 4 is 35.4 Å². The minimum Gasteiger partial charge on any atom is -0.403 e. The van der Waals surface area contributed by atoms with E-state index in [-0.39, 0.29) is 28.5 Å². The van der Waals surface area contributed by atoms with Crippen LogP contribution in [-0.2, 0) is 9.53 Å².